The normalized spacial score (nSPS) is 14.6. The van der Waals surface area contributed by atoms with Crippen molar-refractivity contribution in [3.8, 4) is 11.5 Å². The van der Waals surface area contributed by atoms with Crippen LogP contribution in [0.5, 0.6) is 11.5 Å². The molecule has 32 heavy (non-hydrogen) atoms. The summed E-state index contributed by atoms with van der Waals surface area (Å²) in [5.41, 5.74) is 1.02. The van der Waals surface area contributed by atoms with Gasteiger partial charge >= 0.3 is 4.87 Å². The summed E-state index contributed by atoms with van der Waals surface area (Å²) >= 11 is 0.919. The summed E-state index contributed by atoms with van der Waals surface area (Å²) in [6.45, 7) is 0.813. The molecule has 2 aromatic carbocycles. The molecule has 1 aliphatic heterocycles. The molecule has 11 heteroatoms. The maximum atomic E-state index is 12.8. The van der Waals surface area contributed by atoms with Crippen LogP contribution in [0.15, 0.2) is 46.1 Å². The number of ether oxygens (including phenoxy) is 2. The van der Waals surface area contributed by atoms with Crippen molar-refractivity contribution < 1.29 is 22.7 Å². The highest BCUT2D eigenvalue weighted by molar-refractivity contribution is 7.89. The number of hydrogen-bond donors (Lipinski definition) is 1. The number of nitrogens with one attached hydrogen (secondary N) is 1. The average molecular weight is 478 g/mol. The molecule has 1 N–H and O–H groups in total. The molecular weight excluding hydrogens is 454 g/mol. The van der Waals surface area contributed by atoms with E-state index in [4.69, 9.17) is 9.47 Å². The highest BCUT2D eigenvalue weighted by atomic mass is 32.2. The number of amides is 1. The van der Waals surface area contributed by atoms with Crippen LogP contribution < -0.4 is 19.7 Å². The van der Waals surface area contributed by atoms with Gasteiger partial charge in [0, 0.05) is 24.8 Å². The molecule has 1 aromatic heterocycles. The van der Waals surface area contributed by atoms with E-state index in [9.17, 15) is 18.0 Å². The fraction of sp³-hybridized carbons (Fsp3) is 0.333. The molecule has 1 fully saturated rings. The van der Waals surface area contributed by atoms with E-state index in [1.54, 1.807) is 24.3 Å². The minimum absolute atomic E-state index is 0.162. The number of benzene rings is 2. The van der Waals surface area contributed by atoms with Crippen molar-refractivity contribution in [1.29, 1.82) is 0 Å². The van der Waals surface area contributed by atoms with E-state index in [1.807, 2.05) is 0 Å². The Balaban J connectivity index is 1.56. The number of methoxy groups -OCH3 is 2. The molecule has 170 valence electrons. The zero-order chi connectivity index (χ0) is 22.9. The van der Waals surface area contributed by atoms with Crippen LogP contribution >= 0.6 is 11.3 Å². The average Bonchev–Trinajstić information content (AvgIpc) is 3.42. The van der Waals surface area contributed by atoms with Crippen LogP contribution in [0, 0.1) is 0 Å². The maximum absolute atomic E-state index is 12.8. The number of aromatic nitrogens is 1. The van der Waals surface area contributed by atoms with Crippen molar-refractivity contribution in [3.05, 3.63) is 46.1 Å². The van der Waals surface area contributed by atoms with Gasteiger partial charge in [-0.05, 0) is 43.2 Å². The number of thiazole rings is 1. The second kappa shape index (κ2) is 8.93. The summed E-state index contributed by atoms with van der Waals surface area (Å²) in [7, 11) is -0.564. The van der Waals surface area contributed by atoms with Gasteiger partial charge in [0.25, 0.3) is 0 Å². The number of carbonyl (C=O) groups is 1. The van der Waals surface area contributed by atoms with Gasteiger partial charge in [0.1, 0.15) is 6.54 Å². The Bertz CT molecular complexity index is 1320. The number of fused-ring (bicyclic) bond motifs is 1. The van der Waals surface area contributed by atoms with Gasteiger partial charge in [-0.1, -0.05) is 11.3 Å². The van der Waals surface area contributed by atoms with Crippen LogP contribution in [0.2, 0.25) is 0 Å². The van der Waals surface area contributed by atoms with Crippen molar-refractivity contribution in [2.45, 2.75) is 24.3 Å². The van der Waals surface area contributed by atoms with Crippen LogP contribution in [-0.4, -0.2) is 50.5 Å². The third-order valence-electron chi connectivity index (χ3n) is 5.31. The number of rotatable bonds is 7. The van der Waals surface area contributed by atoms with E-state index < -0.39 is 15.9 Å². The first-order valence-corrected chi connectivity index (χ1v) is 12.2. The molecule has 0 unspecified atom stereocenters. The van der Waals surface area contributed by atoms with Gasteiger partial charge < -0.3 is 14.8 Å². The summed E-state index contributed by atoms with van der Waals surface area (Å²) in [6, 6.07) is 9.55. The molecule has 0 spiro atoms. The zero-order valence-electron chi connectivity index (χ0n) is 17.7. The van der Waals surface area contributed by atoms with E-state index in [1.165, 1.54) is 35.2 Å². The Morgan fingerprint density at radius 1 is 1.06 bits per heavy atom. The van der Waals surface area contributed by atoms with E-state index in [2.05, 4.69) is 5.32 Å². The van der Waals surface area contributed by atoms with Gasteiger partial charge in [0.2, 0.25) is 15.9 Å². The summed E-state index contributed by atoms with van der Waals surface area (Å²) in [6.07, 6.45) is 1.70. The van der Waals surface area contributed by atoms with Gasteiger partial charge in [0.15, 0.2) is 11.5 Å². The smallest absolute Gasteiger partial charge is 0.308 e. The molecule has 0 atom stereocenters. The monoisotopic (exact) mass is 477 g/mol. The number of anilines is 1. The number of nitrogens with zero attached hydrogens (tertiary/aromatic N) is 2. The van der Waals surface area contributed by atoms with Crippen LogP contribution in [0.4, 0.5) is 5.69 Å². The Hall–Kier alpha value is -2.89. The van der Waals surface area contributed by atoms with Crippen molar-refractivity contribution in [1.82, 2.24) is 8.87 Å². The lowest BCUT2D eigenvalue weighted by atomic mass is 10.2. The lowest BCUT2D eigenvalue weighted by Gasteiger charge is -2.15. The Morgan fingerprint density at radius 2 is 1.78 bits per heavy atom. The fourth-order valence-electron chi connectivity index (χ4n) is 3.69. The van der Waals surface area contributed by atoms with Gasteiger partial charge in [-0.3, -0.25) is 14.2 Å². The molecule has 0 aliphatic carbocycles. The van der Waals surface area contributed by atoms with Gasteiger partial charge in [-0.25, -0.2) is 8.42 Å². The Morgan fingerprint density at radius 3 is 2.47 bits per heavy atom. The van der Waals surface area contributed by atoms with E-state index in [0.29, 0.717) is 40.5 Å². The van der Waals surface area contributed by atoms with Crippen LogP contribution in [0.25, 0.3) is 10.2 Å². The molecular formula is C21H23N3O6S2. The molecule has 1 aliphatic rings. The summed E-state index contributed by atoms with van der Waals surface area (Å²) < 4.78 is 39.4. The molecule has 1 amide bonds. The van der Waals surface area contributed by atoms with E-state index in [-0.39, 0.29) is 16.3 Å². The highest BCUT2D eigenvalue weighted by Gasteiger charge is 2.27. The number of sulfonamides is 1. The van der Waals surface area contributed by atoms with E-state index >= 15 is 0 Å². The van der Waals surface area contributed by atoms with Crippen molar-refractivity contribution in [2.24, 2.45) is 0 Å². The molecule has 1 saturated heterocycles. The predicted molar refractivity (Wildman–Crippen MR) is 122 cm³/mol. The lowest BCUT2D eigenvalue weighted by molar-refractivity contribution is -0.116. The van der Waals surface area contributed by atoms with Gasteiger partial charge in [0.05, 0.1) is 29.3 Å². The lowest BCUT2D eigenvalue weighted by Crippen LogP contribution is -2.27. The zero-order valence-corrected chi connectivity index (χ0v) is 19.3. The van der Waals surface area contributed by atoms with Gasteiger partial charge in [-0.15, -0.1) is 0 Å². The molecule has 0 bridgehead atoms. The van der Waals surface area contributed by atoms with Crippen LogP contribution in [0.3, 0.4) is 0 Å². The summed E-state index contributed by atoms with van der Waals surface area (Å²) in [4.78, 5) is 24.9. The maximum Gasteiger partial charge on any atom is 0.308 e. The Kier molecular flexibility index (Phi) is 6.22. The molecule has 9 nitrogen and oxygen atoms in total. The fourth-order valence-corrected chi connectivity index (χ4v) is 6.24. The molecule has 2 heterocycles. The highest BCUT2D eigenvalue weighted by Crippen LogP contribution is 2.30. The molecule has 3 aromatic rings. The van der Waals surface area contributed by atoms with Crippen LogP contribution in [0.1, 0.15) is 12.8 Å². The minimum Gasteiger partial charge on any atom is -0.493 e. The quantitative estimate of drug-likeness (QED) is 0.560. The largest absolute Gasteiger partial charge is 0.493 e. The Labute approximate surface area is 189 Å². The molecule has 0 radical (unpaired) electrons. The van der Waals surface area contributed by atoms with Crippen molar-refractivity contribution in [2.75, 3.05) is 32.6 Å². The third kappa shape index (κ3) is 4.23. The first-order valence-electron chi connectivity index (χ1n) is 9.99. The predicted octanol–water partition coefficient (Wildman–Crippen LogP) is 2.50. The first kappa shape index (κ1) is 22.3. The second-order valence-electron chi connectivity index (χ2n) is 7.31. The van der Waals surface area contributed by atoms with Crippen LogP contribution in [-0.2, 0) is 21.4 Å². The molecule has 0 saturated carbocycles. The topological polar surface area (TPSA) is 107 Å². The summed E-state index contributed by atoms with van der Waals surface area (Å²) in [5.74, 6) is 0.605. The SMILES string of the molecule is COc1ccc(NC(=O)Cn2c(=O)sc3cc(S(=O)(=O)N4CCCC4)ccc32)cc1OC. The standard InChI is InChI=1S/C21H23N3O6S2/c1-29-17-8-5-14(11-18(17)30-2)22-20(25)13-24-16-7-6-15(12-19(16)31-21(24)26)32(27,28)23-9-3-4-10-23/h5-8,11-12H,3-4,9-10,13H2,1-2H3,(H,22,25). The van der Waals surface area contributed by atoms with E-state index in [0.717, 1.165) is 24.2 Å². The summed E-state index contributed by atoms with van der Waals surface area (Å²) in [5, 5.41) is 2.74. The third-order valence-corrected chi connectivity index (χ3v) is 8.15. The van der Waals surface area contributed by atoms with Crippen molar-refractivity contribution in [3.63, 3.8) is 0 Å². The minimum atomic E-state index is -3.58. The number of carbonyl (C=O) groups excluding carboxylic acids is 1. The molecule has 4 rings (SSSR count). The van der Waals surface area contributed by atoms with Gasteiger partial charge in [-0.2, -0.15) is 4.31 Å². The second-order valence-corrected chi connectivity index (χ2v) is 10.2. The number of hydrogen-bond acceptors (Lipinski definition) is 7. The van der Waals surface area contributed by atoms with Crippen molar-refractivity contribution >= 4 is 43.2 Å². The first-order chi connectivity index (χ1) is 15.3.